The van der Waals surface area contributed by atoms with Crippen molar-refractivity contribution in [3.8, 4) is 0 Å². The van der Waals surface area contributed by atoms with Crippen molar-refractivity contribution in [2.24, 2.45) is 0 Å². The van der Waals surface area contributed by atoms with Gasteiger partial charge < -0.3 is 9.88 Å². The molecule has 1 aliphatic rings. The Morgan fingerprint density at radius 2 is 2.53 bits per heavy atom. The summed E-state index contributed by atoms with van der Waals surface area (Å²) in [4.78, 5) is 5.54. The lowest BCUT2D eigenvalue weighted by Crippen LogP contribution is -2.35. The number of imidazole rings is 1. The highest BCUT2D eigenvalue weighted by molar-refractivity contribution is 7.16. The molecule has 0 bridgehead atoms. The first kappa shape index (κ1) is 13.2. The second-order valence-corrected chi connectivity index (χ2v) is 6.97. The third-order valence-corrected chi connectivity index (χ3v) is 4.95. The van der Waals surface area contributed by atoms with Gasteiger partial charge in [0.25, 0.3) is 0 Å². The Kier molecular flexibility index (Phi) is 3.91. The average Bonchev–Trinajstić information content (AvgIpc) is 2.97. The highest BCUT2D eigenvalue weighted by Crippen LogP contribution is 2.37. The van der Waals surface area contributed by atoms with Gasteiger partial charge in [-0.05, 0) is 37.8 Å². The van der Waals surface area contributed by atoms with Gasteiger partial charge in [0.1, 0.15) is 0 Å². The average molecular weight is 296 g/mol. The maximum atomic E-state index is 6.15. The van der Waals surface area contributed by atoms with E-state index >= 15 is 0 Å². The van der Waals surface area contributed by atoms with E-state index in [0.717, 1.165) is 10.9 Å². The smallest absolute Gasteiger partial charge is 0.0946 e. The zero-order valence-corrected chi connectivity index (χ0v) is 12.5. The van der Waals surface area contributed by atoms with Crippen LogP contribution >= 0.6 is 22.9 Å². The van der Waals surface area contributed by atoms with E-state index in [2.05, 4.69) is 27.9 Å². The quantitative estimate of drug-likeness (QED) is 0.933. The zero-order valence-electron chi connectivity index (χ0n) is 11.0. The number of nitrogens with zero attached hydrogens (tertiary/aromatic N) is 2. The third kappa shape index (κ3) is 3.02. The minimum absolute atomic E-state index is 0.420. The number of nitrogens with one attached hydrogen (secondary N) is 1. The molecule has 5 heteroatoms. The third-order valence-electron chi connectivity index (χ3n) is 3.61. The minimum Gasteiger partial charge on any atom is -0.336 e. The van der Waals surface area contributed by atoms with Crippen LogP contribution in [0.1, 0.15) is 36.2 Å². The van der Waals surface area contributed by atoms with E-state index < -0.39 is 0 Å². The van der Waals surface area contributed by atoms with Crippen molar-refractivity contribution in [1.29, 1.82) is 0 Å². The summed E-state index contributed by atoms with van der Waals surface area (Å²) < 4.78 is 3.03. The summed E-state index contributed by atoms with van der Waals surface area (Å²) in [5, 5.41) is 3.73. The Morgan fingerprint density at radius 3 is 3.32 bits per heavy atom. The van der Waals surface area contributed by atoms with E-state index in [4.69, 9.17) is 11.6 Å². The van der Waals surface area contributed by atoms with Crippen LogP contribution in [0.2, 0.25) is 4.34 Å². The maximum Gasteiger partial charge on any atom is 0.0946 e. The van der Waals surface area contributed by atoms with Gasteiger partial charge in [-0.15, -0.1) is 11.3 Å². The van der Waals surface area contributed by atoms with E-state index in [9.17, 15) is 0 Å². The molecule has 0 spiro atoms. The summed E-state index contributed by atoms with van der Waals surface area (Å²) in [7, 11) is 0. The summed E-state index contributed by atoms with van der Waals surface area (Å²) in [5.74, 6) is 0. The zero-order chi connectivity index (χ0) is 13.2. The monoisotopic (exact) mass is 295 g/mol. The molecular weight excluding hydrogens is 278 g/mol. The first-order valence-electron chi connectivity index (χ1n) is 6.72. The number of aryl methyl sites for hydroxylation is 1. The summed E-state index contributed by atoms with van der Waals surface area (Å²) in [6.07, 6.45) is 9.33. The minimum atomic E-state index is 0.420. The molecule has 0 aliphatic heterocycles. The van der Waals surface area contributed by atoms with Gasteiger partial charge in [0.2, 0.25) is 0 Å². The summed E-state index contributed by atoms with van der Waals surface area (Å²) in [6, 6.07) is 3.01. The Labute approximate surface area is 122 Å². The summed E-state index contributed by atoms with van der Waals surface area (Å²) in [5.41, 5.74) is 1.42. The highest BCUT2D eigenvalue weighted by Gasteiger charge is 2.23. The summed E-state index contributed by atoms with van der Waals surface area (Å²) in [6.45, 7) is 3.17. The molecule has 0 radical (unpaired) electrons. The van der Waals surface area contributed by atoms with E-state index in [1.54, 1.807) is 11.3 Å². The Hall–Kier alpha value is -0.840. The largest absolute Gasteiger partial charge is 0.336 e. The van der Waals surface area contributed by atoms with Gasteiger partial charge in [0, 0.05) is 35.9 Å². The molecule has 1 aliphatic carbocycles. The number of fused-ring (bicyclic) bond motifs is 1. The number of hydrogen-bond acceptors (Lipinski definition) is 3. The topological polar surface area (TPSA) is 29.9 Å². The van der Waals surface area contributed by atoms with Crippen LogP contribution in [0.4, 0.5) is 0 Å². The number of hydrogen-bond donors (Lipinski definition) is 1. The molecule has 0 saturated carbocycles. The van der Waals surface area contributed by atoms with Gasteiger partial charge in [-0.25, -0.2) is 4.98 Å². The van der Waals surface area contributed by atoms with Crippen LogP contribution in [0.5, 0.6) is 0 Å². The first-order valence-corrected chi connectivity index (χ1v) is 7.91. The lowest BCUT2D eigenvalue weighted by Gasteiger charge is -2.27. The fourth-order valence-corrected chi connectivity index (χ4v) is 4.19. The predicted molar refractivity (Wildman–Crippen MR) is 79.8 cm³/mol. The van der Waals surface area contributed by atoms with Crippen LogP contribution in [-0.4, -0.2) is 15.6 Å². The van der Waals surface area contributed by atoms with Crippen molar-refractivity contribution in [1.82, 2.24) is 14.9 Å². The molecule has 2 aromatic heterocycles. The van der Waals surface area contributed by atoms with Crippen molar-refractivity contribution in [2.75, 3.05) is 0 Å². The molecule has 0 amide bonds. The van der Waals surface area contributed by atoms with Crippen LogP contribution in [-0.2, 0) is 13.0 Å². The van der Waals surface area contributed by atoms with Gasteiger partial charge >= 0.3 is 0 Å². The molecule has 0 aromatic carbocycles. The van der Waals surface area contributed by atoms with Crippen LogP contribution in [0, 0.1) is 0 Å². The Balaban J connectivity index is 1.67. The fraction of sp³-hybridized carbons (Fsp3) is 0.500. The molecule has 0 saturated heterocycles. The van der Waals surface area contributed by atoms with Crippen LogP contribution in [0.3, 0.4) is 0 Å². The highest BCUT2D eigenvalue weighted by atomic mass is 35.5. The van der Waals surface area contributed by atoms with E-state index in [0.29, 0.717) is 12.1 Å². The normalized spacial score (nSPS) is 20.2. The fourth-order valence-electron chi connectivity index (χ4n) is 2.80. The van der Waals surface area contributed by atoms with Gasteiger partial charge in [0.15, 0.2) is 0 Å². The molecule has 102 valence electrons. The molecule has 19 heavy (non-hydrogen) atoms. The van der Waals surface area contributed by atoms with Gasteiger partial charge in [0.05, 0.1) is 10.7 Å². The van der Waals surface area contributed by atoms with Crippen LogP contribution in [0.15, 0.2) is 24.8 Å². The van der Waals surface area contributed by atoms with Crippen LogP contribution in [0.25, 0.3) is 0 Å². The molecule has 2 aromatic rings. The lowest BCUT2D eigenvalue weighted by molar-refractivity contribution is 0.382. The van der Waals surface area contributed by atoms with Crippen LogP contribution < -0.4 is 5.32 Å². The maximum absolute atomic E-state index is 6.15. The second-order valence-electron chi connectivity index (χ2n) is 5.20. The predicted octanol–water partition coefficient (Wildman–Crippen LogP) is 3.65. The lowest BCUT2D eigenvalue weighted by atomic mass is 9.93. The van der Waals surface area contributed by atoms with E-state index in [-0.39, 0.29) is 0 Å². The first-order chi connectivity index (χ1) is 9.22. The molecular formula is C14H18ClN3S. The van der Waals surface area contributed by atoms with Crippen molar-refractivity contribution in [2.45, 2.75) is 44.8 Å². The second kappa shape index (κ2) is 5.65. The molecule has 3 nitrogen and oxygen atoms in total. The molecule has 2 unspecified atom stereocenters. The molecule has 2 atom stereocenters. The number of aromatic nitrogens is 2. The van der Waals surface area contributed by atoms with Crippen molar-refractivity contribution in [3.05, 3.63) is 39.6 Å². The van der Waals surface area contributed by atoms with E-state index in [1.165, 1.54) is 29.7 Å². The Bertz CT molecular complexity index is 535. The number of thiophene rings is 1. The van der Waals surface area contributed by atoms with Crippen molar-refractivity contribution in [3.63, 3.8) is 0 Å². The molecule has 2 heterocycles. The standard InChI is InChI=1S/C14H18ClN3S/c1-10(8-18-6-5-16-9-18)17-12-3-2-4-13-11(12)7-14(15)19-13/h5-7,9-10,12,17H,2-4,8H2,1H3. The van der Waals surface area contributed by atoms with Crippen molar-refractivity contribution < 1.29 is 0 Å². The van der Waals surface area contributed by atoms with Gasteiger partial charge in [-0.1, -0.05) is 11.6 Å². The van der Waals surface area contributed by atoms with Crippen molar-refractivity contribution >= 4 is 22.9 Å². The SMILES string of the molecule is CC(Cn1ccnc1)NC1CCCc2sc(Cl)cc21. The van der Waals surface area contributed by atoms with E-state index in [1.807, 2.05) is 18.7 Å². The van der Waals surface area contributed by atoms with Gasteiger partial charge in [-0.2, -0.15) is 0 Å². The summed E-state index contributed by atoms with van der Waals surface area (Å²) >= 11 is 7.88. The number of rotatable bonds is 4. The molecule has 1 N–H and O–H groups in total. The Morgan fingerprint density at radius 1 is 1.63 bits per heavy atom. The number of halogens is 1. The molecule has 3 rings (SSSR count). The van der Waals surface area contributed by atoms with Gasteiger partial charge in [-0.3, -0.25) is 0 Å². The molecule has 0 fully saturated rings.